The molecule has 1 saturated heterocycles. The Balaban J connectivity index is 1.60. The number of nitrogens with zero attached hydrogens (tertiary/aromatic N) is 2. The van der Waals surface area contributed by atoms with Gasteiger partial charge in [0.15, 0.2) is 11.5 Å². The van der Waals surface area contributed by atoms with Gasteiger partial charge in [-0.25, -0.2) is 0 Å². The van der Waals surface area contributed by atoms with E-state index in [0.29, 0.717) is 22.4 Å². The van der Waals surface area contributed by atoms with E-state index in [4.69, 9.17) is 4.74 Å². The first-order valence-corrected chi connectivity index (χ1v) is 9.56. The van der Waals surface area contributed by atoms with Crippen LogP contribution >= 0.6 is 15.9 Å². The zero-order valence-corrected chi connectivity index (χ0v) is 15.8. The highest BCUT2D eigenvalue weighted by Gasteiger charge is 2.56. The smallest absolute Gasteiger partial charge is 0.254 e. The summed E-state index contributed by atoms with van der Waals surface area (Å²) in [5.74, 6) is -0.341. The summed E-state index contributed by atoms with van der Waals surface area (Å²) in [6.07, 6.45) is 7.54. The van der Waals surface area contributed by atoms with Crippen molar-refractivity contribution in [1.82, 2.24) is 5.01 Å². The third-order valence-electron chi connectivity index (χ3n) is 5.41. The van der Waals surface area contributed by atoms with E-state index in [1.165, 1.54) is 6.21 Å². The number of carbonyl (C=O) groups is 2. The van der Waals surface area contributed by atoms with Crippen molar-refractivity contribution in [2.24, 2.45) is 28.8 Å². The van der Waals surface area contributed by atoms with Gasteiger partial charge in [-0.3, -0.25) is 9.59 Å². The van der Waals surface area contributed by atoms with E-state index in [1.54, 1.807) is 12.1 Å². The molecule has 0 radical (unpaired) electrons. The standard InChI is InChI=1S/C19H19BrN2O4/c1-2-26-14-8-10(7-13(20)17(14)23)9-21-22-18(24)15-11-3-4-12(6-5-11)16(15)19(22)25/h3-4,7-9,11-12,15-16,23H,2,5-6H2,1H3/b21-9+. The maximum absolute atomic E-state index is 12.7. The predicted molar refractivity (Wildman–Crippen MR) is 98.8 cm³/mol. The number of aromatic hydroxyl groups is 1. The lowest BCUT2D eigenvalue weighted by Gasteiger charge is -2.37. The summed E-state index contributed by atoms with van der Waals surface area (Å²) >= 11 is 3.27. The Bertz CT molecular complexity index is 803. The van der Waals surface area contributed by atoms with Crippen LogP contribution in [-0.2, 0) is 9.59 Å². The summed E-state index contributed by atoms with van der Waals surface area (Å²) < 4.78 is 5.85. The van der Waals surface area contributed by atoms with Gasteiger partial charge in [-0.05, 0) is 65.2 Å². The van der Waals surface area contributed by atoms with Crippen LogP contribution in [0, 0.1) is 23.7 Å². The Morgan fingerprint density at radius 2 is 1.85 bits per heavy atom. The third kappa shape index (κ3) is 2.65. The summed E-state index contributed by atoms with van der Waals surface area (Å²) in [5, 5.41) is 15.2. The van der Waals surface area contributed by atoms with Gasteiger partial charge in [0.1, 0.15) is 0 Å². The van der Waals surface area contributed by atoms with Crippen LogP contribution < -0.4 is 4.74 Å². The lowest BCUT2D eigenvalue weighted by Crippen LogP contribution is -2.38. The number of halogens is 1. The van der Waals surface area contributed by atoms with Gasteiger partial charge in [-0.15, -0.1) is 0 Å². The van der Waals surface area contributed by atoms with Gasteiger partial charge >= 0.3 is 0 Å². The second kappa shape index (κ2) is 6.54. The summed E-state index contributed by atoms with van der Waals surface area (Å²) in [6.45, 7) is 2.22. The molecule has 0 spiro atoms. The molecule has 4 aliphatic rings. The number of imide groups is 1. The first-order chi connectivity index (χ1) is 12.5. The number of ether oxygens (including phenoxy) is 1. The van der Waals surface area contributed by atoms with E-state index in [-0.39, 0.29) is 41.2 Å². The number of amides is 2. The van der Waals surface area contributed by atoms with Crippen LogP contribution in [0.4, 0.5) is 0 Å². The molecule has 3 aliphatic carbocycles. The monoisotopic (exact) mass is 418 g/mol. The van der Waals surface area contributed by atoms with Crippen LogP contribution in [0.2, 0.25) is 0 Å². The Morgan fingerprint density at radius 3 is 2.38 bits per heavy atom. The van der Waals surface area contributed by atoms with Crippen LogP contribution in [0.25, 0.3) is 0 Å². The maximum atomic E-state index is 12.7. The quantitative estimate of drug-likeness (QED) is 0.462. The fourth-order valence-electron chi connectivity index (χ4n) is 4.23. The molecule has 1 heterocycles. The van der Waals surface area contributed by atoms with Crippen molar-refractivity contribution in [2.45, 2.75) is 19.8 Å². The highest BCUT2D eigenvalue weighted by molar-refractivity contribution is 9.10. The number of carbonyl (C=O) groups excluding carboxylic acids is 2. The van der Waals surface area contributed by atoms with Crippen LogP contribution in [0.3, 0.4) is 0 Å². The first-order valence-electron chi connectivity index (χ1n) is 8.76. The predicted octanol–water partition coefficient (Wildman–Crippen LogP) is 3.08. The average molecular weight is 419 g/mol. The second-order valence-electron chi connectivity index (χ2n) is 6.86. The van der Waals surface area contributed by atoms with Gasteiger partial charge in [-0.2, -0.15) is 10.1 Å². The van der Waals surface area contributed by atoms with Crippen molar-refractivity contribution >= 4 is 34.0 Å². The highest BCUT2D eigenvalue weighted by Crippen LogP contribution is 2.49. The van der Waals surface area contributed by atoms with Crippen molar-refractivity contribution in [2.75, 3.05) is 6.61 Å². The molecule has 136 valence electrons. The Kier molecular flexibility index (Phi) is 4.34. The number of phenols is 1. The van der Waals surface area contributed by atoms with E-state index in [0.717, 1.165) is 17.9 Å². The molecule has 1 aromatic rings. The summed E-state index contributed by atoms with van der Waals surface area (Å²) in [6, 6.07) is 3.28. The lowest BCUT2D eigenvalue weighted by atomic mass is 9.63. The number of rotatable bonds is 4. The molecule has 7 heteroatoms. The largest absolute Gasteiger partial charge is 0.503 e. The minimum Gasteiger partial charge on any atom is -0.503 e. The van der Waals surface area contributed by atoms with Crippen molar-refractivity contribution in [3.8, 4) is 11.5 Å². The molecule has 1 aromatic carbocycles. The fourth-order valence-corrected chi connectivity index (χ4v) is 4.69. The van der Waals surface area contributed by atoms with Gasteiger partial charge < -0.3 is 9.84 Å². The minimum absolute atomic E-state index is 0.00555. The number of hydrogen-bond donors (Lipinski definition) is 1. The van der Waals surface area contributed by atoms with Gasteiger partial charge in [0, 0.05) is 0 Å². The Labute approximate surface area is 159 Å². The molecule has 4 unspecified atom stereocenters. The van der Waals surface area contributed by atoms with Crippen molar-refractivity contribution in [3.05, 3.63) is 34.3 Å². The second-order valence-corrected chi connectivity index (χ2v) is 7.71. The van der Waals surface area contributed by atoms with E-state index in [1.807, 2.05) is 6.92 Å². The SMILES string of the molecule is CCOc1cc(/C=N/N2C(=O)C3C4C=CC(CC4)C3C2=O)cc(Br)c1O. The lowest BCUT2D eigenvalue weighted by molar-refractivity contribution is -0.140. The Hall–Kier alpha value is -2.15. The third-order valence-corrected chi connectivity index (χ3v) is 6.01. The molecule has 0 aromatic heterocycles. The molecule has 2 amide bonds. The van der Waals surface area contributed by atoms with Gasteiger partial charge in [-0.1, -0.05) is 12.2 Å². The molecule has 1 aliphatic heterocycles. The van der Waals surface area contributed by atoms with Gasteiger partial charge in [0.25, 0.3) is 11.8 Å². The molecule has 1 N–H and O–H groups in total. The topological polar surface area (TPSA) is 79.2 Å². The van der Waals surface area contributed by atoms with Crippen molar-refractivity contribution in [3.63, 3.8) is 0 Å². The fraction of sp³-hybridized carbons (Fsp3) is 0.421. The molecule has 5 rings (SSSR count). The van der Waals surface area contributed by atoms with Crippen LogP contribution in [0.1, 0.15) is 25.3 Å². The minimum atomic E-state index is -0.270. The highest BCUT2D eigenvalue weighted by atomic mass is 79.9. The molecule has 2 bridgehead atoms. The normalized spacial score (nSPS) is 29.7. The average Bonchev–Trinajstić information content (AvgIpc) is 2.91. The van der Waals surface area contributed by atoms with Crippen molar-refractivity contribution < 1.29 is 19.4 Å². The number of fused-ring (bicyclic) bond motifs is 1. The number of benzene rings is 1. The van der Waals surface area contributed by atoms with Gasteiger partial charge in [0.2, 0.25) is 0 Å². The van der Waals surface area contributed by atoms with E-state index < -0.39 is 0 Å². The summed E-state index contributed by atoms with van der Waals surface area (Å²) in [4.78, 5) is 25.5. The number of hydrazone groups is 1. The van der Waals surface area contributed by atoms with E-state index in [2.05, 4.69) is 33.2 Å². The van der Waals surface area contributed by atoms with E-state index >= 15 is 0 Å². The Morgan fingerprint density at radius 1 is 1.23 bits per heavy atom. The first kappa shape index (κ1) is 17.3. The maximum Gasteiger partial charge on any atom is 0.254 e. The zero-order valence-electron chi connectivity index (χ0n) is 14.3. The zero-order chi connectivity index (χ0) is 18.4. The molecule has 4 atom stereocenters. The molecular formula is C19H19BrN2O4. The molecule has 26 heavy (non-hydrogen) atoms. The number of hydrogen-bond acceptors (Lipinski definition) is 5. The number of allylic oxidation sites excluding steroid dienone is 2. The van der Waals surface area contributed by atoms with Crippen molar-refractivity contribution in [1.29, 1.82) is 0 Å². The molecule has 2 fully saturated rings. The number of phenolic OH excluding ortho intramolecular Hbond substituents is 1. The summed E-state index contributed by atoms with van der Waals surface area (Å²) in [7, 11) is 0. The van der Waals surface area contributed by atoms with Crippen LogP contribution in [0.5, 0.6) is 11.5 Å². The van der Waals surface area contributed by atoms with Crippen LogP contribution in [0.15, 0.2) is 33.9 Å². The molecular weight excluding hydrogens is 400 g/mol. The summed E-state index contributed by atoms with van der Waals surface area (Å²) in [5.41, 5.74) is 0.620. The van der Waals surface area contributed by atoms with Gasteiger partial charge in [0.05, 0.1) is 29.1 Å². The molecule has 6 nitrogen and oxygen atoms in total. The van der Waals surface area contributed by atoms with Crippen LogP contribution in [-0.4, -0.2) is 34.8 Å². The van der Waals surface area contributed by atoms with E-state index in [9.17, 15) is 14.7 Å². The molecule has 1 saturated carbocycles.